The summed E-state index contributed by atoms with van der Waals surface area (Å²) in [5.74, 6) is 0. The zero-order valence-electron chi connectivity index (χ0n) is 9.67. The number of benzene rings is 1. The van der Waals surface area contributed by atoms with Crippen LogP contribution in [0.4, 0.5) is 0 Å². The van der Waals surface area contributed by atoms with Crippen molar-refractivity contribution in [1.29, 1.82) is 5.26 Å². The summed E-state index contributed by atoms with van der Waals surface area (Å²) in [6, 6.07) is 6.42. The van der Waals surface area contributed by atoms with E-state index in [4.69, 9.17) is 11.0 Å². The first-order valence-electron chi connectivity index (χ1n) is 5.26. The summed E-state index contributed by atoms with van der Waals surface area (Å²) in [4.78, 5) is 0. The van der Waals surface area contributed by atoms with Crippen molar-refractivity contribution in [2.45, 2.75) is 39.7 Å². The van der Waals surface area contributed by atoms with Gasteiger partial charge in [-0.15, -0.1) is 0 Å². The first-order chi connectivity index (χ1) is 7.06. The van der Waals surface area contributed by atoms with Gasteiger partial charge in [0.15, 0.2) is 0 Å². The normalized spacial score (nSPS) is 12.2. The van der Waals surface area contributed by atoms with Crippen LogP contribution < -0.4 is 5.73 Å². The van der Waals surface area contributed by atoms with Crippen molar-refractivity contribution in [3.05, 3.63) is 34.4 Å². The maximum Gasteiger partial charge on any atom is 0.0622 e. The number of hydrogen-bond acceptors (Lipinski definition) is 2. The zero-order valence-corrected chi connectivity index (χ0v) is 9.67. The average molecular weight is 202 g/mol. The topological polar surface area (TPSA) is 49.8 Å². The minimum Gasteiger partial charge on any atom is -0.324 e. The Morgan fingerprint density at radius 1 is 1.27 bits per heavy atom. The van der Waals surface area contributed by atoms with Crippen molar-refractivity contribution in [3.63, 3.8) is 0 Å². The Morgan fingerprint density at radius 3 is 2.27 bits per heavy atom. The molecule has 2 heteroatoms. The maximum absolute atomic E-state index is 8.54. The number of rotatable bonds is 3. The van der Waals surface area contributed by atoms with Crippen molar-refractivity contribution in [1.82, 2.24) is 0 Å². The standard InChI is InChI=1S/C13H18N2/c1-9-7-10(2)13(11(3)8-9)12(15)5-4-6-14/h7-8,12H,4-5,15H2,1-3H3. The van der Waals surface area contributed by atoms with Crippen LogP contribution in [-0.2, 0) is 0 Å². The fourth-order valence-corrected chi connectivity index (χ4v) is 2.14. The number of nitrogens with zero attached hydrogens (tertiary/aromatic N) is 1. The number of aryl methyl sites for hydroxylation is 3. The van der Waals surface area contributed by atoms with Gasteiger partial charge in [-0.05, 0) is 43.9 Å². The molecule has 2 N–H and O–H groups in total. The van der Waals surface area contributed by atoms with Gasteiger partial charge >= 0.3 is 0 Å². The van der Waals surface area contributed by atoms with Gasteiger partial charge in [0.05, 0.1) is 6.07 Å². The van der Waals surface area contributed by atoms with Crippen LogP contribution in [0.2, 0.25) is 0 Å². The lowest BCUT2D eigenvalue weighted by atomic mass is 9.92. The van der Waals surface area contributed by atoms with Crippen molar-refractivity contribution >= 4 is 0 Å². The van der Waals surface area contributed by atoms with Crippen molar-refractivity contribution in [2.75, 3.05) is 0 Å². The molecule has 0 aliphatic carbocycles. The van der Waals surface area contributed by atoms with Crippen molar-refractivity contribution in [2.24, 2.45) is 5.73 Å². The van der Waals surface area contributed by atoms with Crippen LogP contribution in [0.1, 0.15) is 41.1 Å². The second kappa shape index (κ2) is 4.95. The molecule has 0 aliphatic rings. The predicted octanol–water partition coefficient (Wildman–Crippen LogP) is 2.92. The summed E-state index contributed by atoms with van der Waals surface area (Å²) >= 11 is 0. The molecular weight excluding hydrogens is 184 g/mol. The van der Waals surface area contributed by atoms with Gasteiger partial charge in [0, 0.05) is 12.5 Å². The Morgan fingerprint density at radius 2 is 1.80 bits per heavy atom. The van der Waals surface area contributed by atoms with E-state index in [2.05, 4.69) is 39.0 Å². The SMILES string of the molecule is Cc1cc(C)c(C(N)CCC#N)c(C)c1. The first-order valence-corrected chi connectivity index (χ1v) is 5.26. The molecule has 0 fully saturated rings. The second-order valence-electron chi connectivity index (χ2n) is 4.12. The van der Waals surface area contributed by atoms with Gasteiger partial charge in [-0.1, -0.05) is 17.7 Å². The van der Waals surface area contributed by atoms with Crippen molar-refractivity contribution in [3.8, 4) is 6.07 Å². The number of nitriles is 1. The lowest BCUT2D eigenvalue weighted by molar-refractivity contribution is 0.657. The molecule has 0 amide bonds. The third-order valence-corrected chi connectivity index (χ3v) is 2.68. The maximum atomic E-state index is 8.54. The largest absolute Gasteiger partial charge is 0.324 e. The Kier molecular flexibility index (Phi) is 3.88. The third kappa shape index (κ3) is 2.81. The van der Waals surface area contributed by atoms with E-state index in [1.807, 2.05) is 0 Å². The van der Waals surface area contributed by atoms with Crippen LogP contribution in [0.25, 0.3) is 0 Å². The Balaban J connectivity index is 2.99. The highest BCUT2D eigenvalue weighted by atomic mass is 14.6. The van der Waals surface area contributed by atoms with Gasteiger partial charge in [-0.2, -0.15) is 5.26 Å². The summed E-state index contributed by atoms with van der Waals surface area (Å²) in [6.07, 6.45) is 1.26. The van der Waals surface area contributed by atoms with E-state index in [9.17, 15) is 0 Å². The van der Waals surface area contributed by atoms with E-state index in [0.717, 1.165) is 6.42 Å². The van der Waals surface area contributed by atoms with Crippen LogP contribution in [0.15, 0.2) is 12.1 Å². The molecule has 0 aromatic heterocycles. The fraction of sp³-hybridized carbons (Fsp3) is 0.462. The Bertz CT molecular complexity index is 365. The van der Waals surface area contributed by atoms with Crippen LogP contribution in [0.5, 0.6) is 0 Å². The molecule has 2 nitrogen and oxygen atoms in total. The molecule has 0 bridgehead atoms. The lowest BCUT2D eigenvalue weighted by Crippen LogP contribution is -2.13. The molecule has 1 rings (SSSR count). The molecule has 0 spiro atoms. The molecule has 80 valence electrons. The summed E-state index contributed by atoms with van der Waals surface area (Å²) in [6.45, 7) is 6.26. The molecule has 0 radical (unpaired) electrons. The molecule has 0 aliphatic heterocycles. The van der Waals surface area contributed by atoms with Crippen molar-refractivity contribution < 1.29 is 0 Å². The molecule has 15 heavy (non-hydrogen) atoms. The molecule has 0 saturated heterocycles. The Hall–Kier alpha value is -1.33. The Labute approximate surface area is 91.7 Å². The van der Waals surface area contributed by atoms with E-state index in [1.54, 1.807) is 0 Å². The van der Waals surface area contributed by atoms with Crippen LogP contribution >= 0.6 is 0 Å². The fourth-order valence-electron chi connectivity index (χ4n) is 2.14. The smallest absolute Gasteiger partial charge is 0.0622 e. The minimum absolute atomic E-state index is 0.00903. The van der Waals surface area contributed by atoms with Gasteiger partial charge in [0.25, 0.3) is 0 Å². The van der Waals surface area contributed by atoms with Crippen LogP contribution in [0.3, 0.4) is 0 Å². The van der Waals surface area contributed by atoms with E-state index in [0.29, 0.717) is 6.42 Å². The van der Waals surface area contributed by atoms with E-state index >= 15 is 0 Å². The molecule has 0 heterocycles. The molecule has 1 atom stereocenters. The van der Waals surface area contributed by atoms with Gasteiger partial charge < -0.3 is 5.73 Å². The molecule has 1 aromatic carbocycles. The monoisotopic (exact) mass is 202 g/mol. The quantitative estimate of drug-likeness (QED) is 0.819. The average Bonchev–Trinajstić information content (AvgIpc) is 2.12. The lowest BCUT2D eigenvalue weighted by Gasteiger charge is -2.17. The second-order valence-corrected chi connectivity index (χ2v) is 4.12. The summed E-state index contributed by atoms with van der Waals surface area (Å²) in [5, 5.41) is 8.54. The third-order valence-electron chi connectivity index (χ3n) is 2.68. The van der Waals surface area contributed by atoms with E-state index in [-0.39, 0.29) is 6.04 Å². The van der Waals surface area contributed by atoms with E-state index < -0.39 is 0 Å². The van der Waals surface area contributed by atoms with Gasteiger partial charge in [0.1, 0.15) is 0 Å². The molecule has 0 saturated carbocycles. The zero-order chi connectivity index (χ0) is 11.4. The highest BCUT2D eigenvalue weighted by Crippen LogP contribution is 2.24. The number of hydrogen-bond donors (Lipinski definition) is 1. The summed E-state index contributed by atoms with van der Waals surface area (Å²) < 4.78 is 0. The highest BCUT2D eigenvalue weighted by Gasteiger charge is 2.11. The number of nitrogens with two attached hydrogens (primary N) is 1. The minimum atomic E-state index is -0.00903. The van der Waals surface area contributed by atoms with Gasteiger partial charge in [-0.25, -0.2) is 0 Å². The van der Waals surface area contributed by atoms with Gasteiger partial charge in [0.2, 0.25) is 0 Å². The predicted molar refractivity (Wildman–Crippen MR) is 62.4 cm³/mol. The van der Waals surface area contributed by atoms with E-state index in [1.165, 1.54) is 22.3 Å². The first kappa shape index (κ1) is 11.7. The van der Waals surface area contributed by atoms with Crippen LogP contribution in [-0.4, -0.2) is 0 Å². The molecular formula is C13H18N2. The molecule has 1 aromatic rings. The summed E-state index contributed by atoms with van der Waals surface area (Å²) in [5.41, 5.74) is 11.0. The highest BCUT2D eigenvalue weighted by molar-refractivity contribution is 5.39. The molecule has 1 unspecified atom stereocenters. The van der Waals surface area contributed by atoms with Crippen LogP contribution in [0, 0.1) is 32.1 Å². The van der Waals surface area contributed by atoms with Gasteiger partial charge in [-0.3, -0.25) is 0 Å². The summed E-state index contributed by atoms with van der Waals surface area (Å²) in [7, 11) is 0.